The van der Waals surface area contributed by atoms with Crippen molar-refractivity contribution in [2.75, 3.05) is 11.4 Å². The summed E-state index contributed by atoms with van der Waals surface area (Å²) in [6.07, 6.45) is 1.94. The zero-order valence-electron chi connectivity index (χ0n) is 17.3. The predicted molar refractivity (Wildman–Crippen MR) is 109 cm³/mol. The molecular formula is C20H29F3N2O4S. The molecule has 0 aliphatic heterocycles. The maximum Gasteiger partial charge on any atom is 0.573 e. The van der Waals surface area contributed by atoms with Gasteiger partial charge in [0.1, 0.15) is 5.75 Å². The molecule has 170 valence electrons. The molecule has 1 aliphatic carbocycles. The third-order valence-electron chi connectivity index (χ3n) is 5.23. The van der Waals surface area contributed by atoms with Crippen LogP contribution in [0.25, 0.3) is 0 Å². The fourth-order valence-electron chi connectivity index (χ4n) is 3.66. The van der Waals surface area contributed by atoms with Crippen molar-refractivity contribution < 1.29 is 31.1 Å². The van der Waals surface area contributed by atoms with Crippen LogP contribution in [-0.2, 0) is 15.0 Å². The fraction of sp³-hybridized carbons (Fsp3) is 0.650. The number of nitrogens with one attached hydrogen (secondary N) is 1. The maximum atomic E-state index is 12.7. The lowest BCUT2D eigenvalue weighted by atomic mass is 9.90. The fourth-order valence-corrected chi connectivity index (χ4v) is 4.62. The lowest BCUT2D eigenvalue weighted by Crippen LogP contribution is -2.42. The number of rotatable bonds is 8. The average molecular weight is 451 g/mol. The molecule has 0 bridgehead atoms. The van der Waals surface area contributed by atoms with Crippen molar-refractivity contribution >= 4 is 21.8 Å². The van der Waals surface area contributed by atoms with Gasteiger partial charge in [-0.2, -0.15) is 8.42 Å². The van der Waals surface area contributed by atoms with Gasteiger partial charge in [0.25, 0.3) is 0 Å². The highest BCUT2D eigenvalue weighted by Crippen LogP contribution is 2.40. The van der Waals surface area contributed by atoms with Gasteiger partial charge < -0.3 is 4.74 Å². The molecule has 0 atom stereocenters. The number of hydrogen-bond donors (Lipinski definition) is 1. The number of carbonyl (C=O) groups excluding carboxylic acids is 1. The molecule has 0 heterocycles. The van der Waals surface area contributed by atoms with Crippen LogP contribution in [0.1, 0.15) is 76.2 Å². The van der Waals surface area contributed by atoms with Crippen LogP contribution in [0.2, 0.25) is 0 Å². The summed E-state index contributed by atoms with van der Waals surface area (Å²) in [6, 6.07) is 3.66. The Bertz CT molecular complexity index is 820. The van der Waals surface area contributed by atoms with Crippen LogP contribution in [0.4, 0.5) is 18.9 Å². The zero-order chi connectivity index (χ0) is 22.4. The van der Waals surface area contributed by atoms with Crippen LogP contribution in [0.15, 0.2) is 18.2 Å². The van der Waals surface area contributed by atoms with Crippen LogP contribution in [0.5, 0.6) is 5.75 Å². The Morgan fingerprint density at radius 3 is 2.40 bits per heavy atom. The standard InChI is InChI=1S/C20H29F3N2O4S/c1-3-4-11-19(26)24-30(27,28)25(2)18-13-12-16(29-20(21,22)23)14-17(18)15-9-7-5-6-8-10-15/h12-15H,3-11H2,1-2H3,(H,24,26). The average Bonchev–Trinajstić information content (AvgIpc) is 2.93. The van der Waals surface area contributed by atoms with E-state index in [0.29, 0.717) is 12.0 Å². The van der Waals surface area contributed by atoms with Gasteiger partial charge in [0.2, 0.25) is 5.91 Å². The van der Waals surface area contributed by atoms with Gasteiger partial charge in [-0.3, -0.25) is 9.10 Å². The van der Waals surface area contributed by atoms with Crippen LogP contribution < -0.4 is 13.8 Å². The Kier molecular flexibility index (Phi) is 8.40. The molecule has 0 aromatic heterocycles. The molecule has 1 aromatic carbocycles. The zero-order valence-corrected chi connectivity index (χ0v) is 18.1. The largest absolute Gasteiger partial charge is 0.573 e. The molecular weight excluding hydrogens is 421 g/mol. The third kappa shape index (κ3) is 7.07. The first-order valence-electron chi connectivity index (χ1n) is 10.2. The molecule has 1 N–H and O–H groups in total. The molecule has 6 nitrogen and oxygen atoms in total. The first-order chi connectivity index (χ1) is 14.0. The van der Waals surface area contributed by atoms with Crippen molar-refractivity contribution in [3.63, 3.8) is 0 Å². The number of carbonyl (C=O) groups is 1. The lowest BCUT2D eigenvalue weighted by Gasteiger charge is -2.26. The number of benzene rings is 1. The minimum Gasteiger partial charge on any atom is -0.406 e. The van der Waals surface area contributed by atoms with Gasteiger partial charge in [-0.05, 0) is 48.9 Å². The van der Waals surface area contributed by atoms with Gasteiger partial charge in [0, 0.05) is 13.5 Å². The van der Waals surface area contributed by atoms with E-state index in [2.05, 4.69) is 4.74 Å². The number of anilines is 1. The lowest BCUT2D eigenvalue weighted by molar-refractivity contribution is -0.274. The van der Waals surface area contributed by atoms with Crippen molar-refractivity contribution in [3.05, 3.63) is 23.8 Å². The number of alkyl halides is 3. The van der Waals surface area contributed by atoms with Gasteiger partial charge >= 0.3 is 16.6 Å². The molecule has 30 heavy (non-hydrogen) atoms. The molecule has 1 amide bonds. The summed E-state index contributed by atoms with van der Waals surface area (Å²) in [7, 11) is -2.90. The second kappa shape index (κ2) is 10.4. The number of unbranched alkanes of at least 4 members (excludes halogenated alkanes) is 1. The summed E-state index contributed by atoms with van der Waals surface area (Å²) in [5, 5.41) is 0. The minimum atomic E-state index is -4.84. The molecule has 0 spiro atoms. The molecule has 0 radical (unpaired) electrons. The molecule has 2 rings (SSSR count). The Morgan fingerprint density at radius 1 is 1.20 bits per heavy atom. The monoisotopic (exact) mass is 450 g/mol. The summed E-state index contributed by atoms with van der Waals surface area (Å²) in [5.74, 6) is -1.09. The Balaban J connectivity index is 2.37. The van der Waals surface area contributed by atoms with E-state index in [-0.39, 0.29) is 23.8 Å². The van der Waals surface area contributed by atoms with Crippen molar-refractivity contribution in [2.24, 2.45) is 0 Å². The molecule has 1 saturated carbocycles. The Morgan fingerprint density at radius 2 is 1.83 bits per heavy atom. The second-order valence-electron chi connectivity index (χ2n) is 7.56. The Labute approximate surface area is 176 Å². The third-order valence-corrected chi connectivity index (χ3v) is 6.63. The summed E-state index contributed by atoms with van der Waals surface area (Å²) in [4.78, 5) is 11.9. The summed E-state index contributed by atoms with van der Waals surface area (Å²) in [5.41, 5.74) is 0.722. The number of nitrogens with zero attached hydrogens (tertiary/aromatic N) is 1. The molecule has 1 fully saturated rings. The Hall–Kier alpha value is -1.97. The first-order valence-corrected chi connectivity index (χ1v) is 11.7. The highest BCUT2D eigenvalue weighted by atomic mass is 32.2. The highest BCUT2D eigenvalue weighted by Gasteiger charge is 2.32. The van der Waals surface area contributed by atoms with Crippen LogP contribution >= 0.6 is 0 Å². The van der Waals surface area contributed by atoms with Crippen molar-refractivity contribution in [1.29, 1.82) is 0 Å². The van der Waals surface area contributed by atoms with Crippen LogP contribution in [0, 0.1) is 0 Å². The molecule has 1 aliphatic rings. The summed E-state index contributed by atoms with van der Waals surface area (Å²) >= 11 is 0. The van der Waals surface area contributed by atoms with E-state index >= 15 is 0 Å². The van der Waals surface area contributed by atoms with Crippen molar-refractivity contribution in [2.45, 2.75) is 77.0 Å². The van der Waals surface area contributed by atoms with E-state index in [0.717, 1.165) is 55.3 Å². The normalized spacial score (nSPS) is 16.0. The van der Waals surface area contributed by atoms with E-state index in [4.69, 9.17) is 0 Å². The SMILES string of the molecule is CCCCC(=O)NS(=O)(=O)N(C)c1ccc(OC(F)(F)F)cc1C1CCCCCC1. The van der Waals surface area contributed by atoms with E-state index in [1.165, 1.54) is 19.2 Å². The maximum absolute atomic E-state index is 12.7. The van der Waals surface area contributed by atoms with Crippen molar-refractivity contribution in [3.8, 4) is 5.75 Å². The second-order valence-corrected chi connectivity index (χ2v) is 9.26. The first kappa shape index (κ1) is 24.3. The minimum absolute atomic E-state index is 0.0808. The number of amides is 1. The summed E-state index contributed by atoms with van der Waals surface area (Å²) < 4.78 is 70.5. The van der Waals surface area contributed by atoms with Crippen molar-refractivity contribution in [1.82, 2.24) is 4.72 Å². The quantitative estimate of drug-likeness (QED) is 0.565. The smallest absolute Gasteiger partial charge is 0.406 e. The molecule has 0 saturated heterocycles. The molecule has 10 heteroatoms. The van der Waals surface area contributed by atoms with Crippen LogP contribution in [0.3, 0.4) is 0 Å². The highest BCUT2D eigenvalue weighted by molar-refractivity contribution is 7.91. The van der Waals surface area contributed by atoms with E-state index < -0.39 is 22.5 Å². The number of halogens is 3. The van der Waals surface area contributed by atoms with Crippen LogP contribution in [-0.4, -0.2) is 27.7 Å². The number of hydrogen-bond acceptors (Lipinski definition) is 4. The summed E-state index contributed by atoms with van der Waals surface area (Å²) in [6.45, 7) is 1.89. The predicted octanol–water partition coefficient (Wildman–Crippen LogP) is 5.01. The van der Waals surface area contributed by atoms with E-state index in [1.54, 1.807) is 0 Å². The van der Waals surface area contributed by atoms with Gasteiger partial charge in [-0.1, -0.05) is 39.0 Å². The topological polar surface area (TPSA) is 75.7 Å². The van der Waals surface area contributed by atoms with E-state index in [9.17, 15) is 26.4 Å². The van der Waals surface area contributed by atoms with Gasteiger partial charge in [0.15, 0.2) is 0 Å². The molecule has 1 aromatic rings. The van der Waals surface area contributed by atoms with E-state index in [1.807, 2.05) is 11.6 Å². The molecule has 0 unspecified atom stereocenters. The number of ether oxygens (including phenoxy) is 1. The van der Waals surface area contributed by atoms with Gasteiger partial charge in [-0.15, -0.1) is 13.2 Å². The van der Waals surface area contributed by atoms with Gasteiger partial charge in [0.05, 0.1) is 5.69 Å². The van der Waals surface area contributed by atoms with Gasteiger partial charge in [-0.25, -0.2) is 4.72 Å².